The van der Waals surface area contributed by atoms with Gasteiger partial charge in [-0.15, -0.1) is 0 Å². The molecule has 120 valence electrons. The first kappa shape index (κ1) is 16.4. The van der Waals surface area contributed by atoms with Crippen LogP contribution in [0, 0.1) is 23.5 Å². The molecule has 4 nitrogen and oxygen atoms in total. The number of carbonyl (C=O) groups excluding carboxylic acids is 1. The Kier molecular flexibility index (Phi) is 4.49. The van der Waals surface area contributed by atoms with E-state index in [4.69, 9.17) is 5.11 Å². The standard InChI is InChI=1S/C16H19F2NO3/c1-16(2,11-5-6-12(17)13(18)8-11)19-14(20)9-3-4-10(7-9)15(21)22/h5-6,8-10H,3-4,7H2,1-2H3,(H,19,20)(H,21,22)/t9-,10+/m1/s1. The fraction of sp³-hybridized carbons (Fsp3) is 0.500. The maximum atomic E-state index is 13.3. The van der Waals surface area contributed by atoms with E-state index in [1.807, 2.05) is 0 Å². The first-order valence-corrected chi connectivity index (χ1v) is 7.21. The van der Waals surface area contributed by atoms with Gasteiger partial charge in [0.25, 0.3) is 0 Å². The molecule has 0 spiro atoms. The third-order valence-corrected chi connectivity index (χ3v) is 4.23. The minimum atomic E-state index is -0.966. The molecular weight excluding hydrogens is 292 g/mol. The second kappa shape index (κ2) is 6.02. The molecule has 2 N–H and O–H groups in total. The number of carboxylic acid groups (broad SMARTS) is 1. The van der Waals surface area contributed by atoms with Gasteiger partial charge in [0.15, 0.2) is 11.6 Å². The molecule has 0 saturated heterocycles. The van der Waals surface area contributed by atoms with Crippen molar-refractivity contribution in [1.29, 1.82) is 0 Å². The van der Waals surface area contributed by atoms with Crippen molar-refractivity contribution in [1.82, 2.24) is 5.32 Å². The molecule has 22 heavy (non-hydrogen) atoms. The van der Waals surface area contributed by atoms with E-state index in [1.54, 1.807) is 13.8 Å². The van der Waals surface area contributed by atoms with Crippen molar-refractivity contribution >= 4 is 11.9 Å². The average molecular weight is 311 g/mol. The van der Waals surface area contributed by atoms with Gasteiger partial charge in [0.1, 0.15) is 0 Å². The number of carbonyl (C=O) groups is 2. The average Bonchev–Trinajstić information content (AvgIpc) is 2.91. The van der Waals surface area contributed by atoms with Crippen molar-refractivity contribution in [2.24, 2.45) is 11.8 Å². The Bertz CT molecular complexity index is 601. The fourth-order valence-electron chi connectivity index (χ4n) is 2.81. The number of benzene rings is 1. The van der Waals surface area contributed by atoms with Gasteiger partial charge >= 0.3 is 5.97 Å². The van der Waals surface area contributed by atoms with E-state index in [9.17, 15) is 18.4 Å². The zero-order valence-electron chi connectivity index (χ0n) is 12.5. The molecule has 1 aromatic carbocycles. The summed E-state index contributed by atoms with van der Waals surface area (Å²) in [5.41, 5.74) is -0.417. The Morgan fingerprint density at radius 2 is 1.82 bits per heavy atom. The van der Waals surface area contributed by atoms with Gasteiger partial charge in [-0.1, -0.05) is 6.07 Å². The second-order valence-electron chi connectivity index (χ2n) is 6.29. The van der Waals surface area contributed by atoms with Gasteiger partial charge in [-0.05, 0) is 50.8 Å². The number of carboxylic acids is 1. The lowest BCUT2D eigenvalue weighted by Gasteiger charge is -2.28. The molecule has 1 saturated carbocycles. The van der Waals surface area contributed by atoms with Crippen molar-refractivity contribution < 1.29 is 23.5 Å². The van der Waals surface area contributed by atoms with Crippen LogP contribution in [0.2, 0.25) is 0 Å². The fourth-order valence-corrected chi connectivity index (χ4v) is 2.81. The third-order valence-electron chi connectivity index (χ3n) is 4.23. The minimum absolute atomic E-state index is 0.251. The van der Waals surface area contributed by atoms with Gasteiger partial charge in [-0.2, -0.15) is 0 Å². The molecule has 2 rings (SSSR count). The summed E-state index contributed by atoms with van der Waals surface area (Å²) in [6.45, 7) is 3.39. The monoisotopic (exact) mass is 311 g/mol. The maximum Gasteiger partial charge on any atom is 0.306 e. The summed E-state index contributed by atoms with van der Waals surface area (Å²) in [5, 5.41) is 11.8. The topological polar surface area (TPSA) is 66.4 Å². The van der Waals surface area contributed by atoms with E-state index in [0.29, 0.717) is 24.8 Å². The molecular formula is C16H19F2NO3. The summed E-state index contributed by atoms with van der Waals surface area (Å²) in [4.78, 5) is 23.2. The second-order valence-corrected chi connectivity index (χ2v) is 6.29. The number of aliphatic carboxylic acids is 1. The van der Waals surface area contributed by atoms with Crippen molar-refractivity contribution in [3.8, 4) is 0 Å². The van der Waals surface area contributed by atoms with Gasteiger partial charge < -0.3 is 10.4 Å². The summed E-state index contributed by atoms with van der Waals surface area (Å²) in [6.07, 6.45) is 1.32. The molecule has 2 atom stereocenters. The summed E-state index contributed by atoms with van der Waals surface area (Å²) < 4.78 is 26.3. The Balaban J connectivity index is 2.06. The largest absolute Gasteiger partial charge is 0.481 e. The van der Waals surface area contributed by atoms with Crippen LogP contribution in [-0.2, 0) is 15.1 Å². The van der Waals surface area contributed by atoms with Gasteiger partial charge in [0.05, 0.1) is 11.5 Å². The number of hydrogen-bond donors (Lipinski definition) is 2. The van der Waals surface area contributed by atoms with E-state index in [-0.39, 0.29) is 11.8 Å². The molecule has 1 aliphatic rings. The molecule has 0 aromatic heterocycles. The quantitative estimate of drug-likeness (QED) is 0.898. The highest BCUT2D eigenvalue weighted by atomic mass is 19.2. The lowest BCUT2D eigenvalue weighted by Crippen LogP contribution is -2.43. The highest BCUT2D eigenvalue weighted by Crippen LogP contribution is 2.32. The van der Waals surface area contributed by atoms with Crippen molar-refractivity contribution in [2.75, 3.05) is 0 Å². The molecule has 0 unspecified atom stereocenters. The Morgan fingerprint density at radius 3 is 2.36 bits per heavy atom. The summed E-state index contributed by atoms with van der Waals surface area (Å²) in [5.74, 6) is -3.88. The lowest BCUT2D eigenvalue weighted by molar-refractivity contribution is -0.141. The predicted molar refractivity (Wildman–Crippen MR) is 76.0 cm³/mol. The van der Waals surface area contributed by atoms with Crippen LogP contribution in [-0.4, -0.2) is 17.0 Å². The van der Waals surface area contributed by atoms with Crippen LogP contribution < -0.4 is 5.32 Å². The molecule has 1 fully saturated rings. The van der Waals surface area contributed by atoms with Crippen LogP contribution in [0.4, 0.5) is 8.78 Å². The number of halogens is 2. The van der Waals surface area contributed by atoms with Crippen LogP contribution in [0.25, 0.3) is 0 Å². The Morgan fingerprint density at radius 1 is 1.18 bits per heavy atom. The van der Waals surface area contributed by atoms with Crippen LogP contribution in [0.5, 0.6) is 0 Å². The molecule has 1 aliphatic carbocycles. The molecule has 6 heteroatoms. The minimum Gasteiger partial charge on any atom is -0.481 e. The van der Waals surface area contributed by atoms with Crippen molar-refractivity contribution in [3.63, 3.8) is 0 Å². The van der Waals surface area contributed by atoms with Crippen molar-refractivity contribution in [2.45, 2.75) is 38.6 Å². The van der Waals surface area contributed by atoms with E-state index < -0.39 is 29.1 Å². The SMILES string of the molecule is CC(C)(NC(=O)[C@@H]1CC[C@H](C(=O)O)C1)c1ccc(F)c(F)c1. The Labute approximate surface area is 127 Å². The normalized spacial score (nSPS) is 21.6. The number of hydrogen-bond acceptors (Lipinski definition) is 2. The zero-order chi connectivity index (χ0) is 16.5. The van der Waals surface area contributed by atoms with Crippen LogP contribution in [0.3, 0.4) is 0 Å². The lowest BCUT2D eigenvalue weighted by atomic mass is 9.92. The third kappa shape index (κ3) is 3.43. The van der Waals surface area contributed by atoms with Gasteiger partial charge in [-0.3, -0.25) is 9.59 Å². The molecule has 1 amide bonds. The molecule has 0 heterocycles. The number of nitrogens with one attached hydrogen (secondary N) is 1. The van der Waals surface area contributed by atoms with Gasteiger partial charge in [-0.25, -0.2) is 8.78 Å². The van der Waals surface area contributed by atoms with Crippen molar-refractivity contribution in [3.05, 3.63) is 35.4 Å². The predicted octanol–water partition coefficient (Wildman–Crippen LogP) is 2.82. The van der Waals surface area contributed by atoms with E-state index >= 15 is 0 Å². The molecule has 0 bridgehead atoms. The number of amides is 1. The smallest absolute Gasteiger partial charge is 0.306 e. The summed E-state index contributed by atoms with van der Waals surface area (Å²) in [6, 6.07) is 3.51. The summed E-state index contributed by atoms with van der Waals surface area (Å²) in [7, 11) is 0. The molecule has 1 aromatic rings. The zero-order valence-corrected chi connectivity index (χ0v) is 12.5. The van der Waals surface area contributed by atoms with Gasteiger partial charge in [0.2, 0.25) is 5.91 Å². The first-order valence-electron chi connectivity index (χ1n) is 7.21. The maximum absolute atomic E-state index is 13.3. The van der Waals surface area contributed by atoms with Crippen LogP contribution in [0.1, 0.15) is 38.7 Å². The van der Waals surface area contributed by atoms with E-state index in [2.05, 4.69) is 5.32 Å². The summed E-state index contributed by atoms with van der Waals surface area (Å²) >= 11 is 0. The number of rotatable bonds is 4. The molecule has 0 radical (unpaired) electrons. The van der Waals surface area contributed by atoms with E-state index in [1.165, 1.54) is 6.07 Å². The highest BCUT2D eigenvalue weighted by Gasteiger charge is 2.36. The van der Waals surface area contributed by atoms with Crippen LogP contribution in [0.15, 0.2) is 18.2 Å². The van der Waals surface area contributed by atoms with Crippen LogP contribution >= 0.6 is 0 Å². The van der Waals surface area contributed by atoms with Gasteiger partial charge in [0, 0.05) is 5.92 Å². The molecule has 0 aliphatic heterocycles. The Hall–Kier alpha value is -1.98. The van der Waals surface area contributed by atoms with E-state index in [0.717, 1.165) is 12.1 Å². The first-order chi connectivity index (χ1) is 10.2. The highest BCUT2D eigenvalue weighted by molar-refractivity contribution is 5.81.